The highest BCUT2D eigenvalue weighted by molar-refractivity contribution is 5.77. The quantitative estimate of drug-likeness (QED) is 0.577. The van der Waals surface area contributed by atoms with Crippen molar-refractivity contribution in [3.05, 3.63) is 0 Å². The average molecular weight is 231 g/mol. The number of carbonyl (C=O) groups excluding carboxylic acids is 1. The number of nitrogens with zero attached hydrogens (tertiary/aromatic N) is 1. The first-order chi connectivity index (χ1) is 7.67. The largest absolute Gasteiger partial charge is 0.377 e. The molecule has 96 valence electrons. The Kier molecular flexibility index (Phi) is 9.18. The molecule has 0 spiro atoms. The van der Waals surface area contributed by atoms with E-state index in [4.69, 9.17) is 10.5 Å². The summed E-state index contributed by atoms with van der Waals surface area (Å²) < 4.78 is 5.47. The van der Waals surface area contributed by atoms with Gasteiger partial charge in [0, 0.05) is 26.7 Å². The second kappa shape index (κ2) is 9.57. The van der Waals surface area contributed by atoms with Gasteiger partial charge >= 0.3 is 0 Å². The van der Waals surface area contributed by atoms with Crippen molar-refractivity contribution in [1.29, 1.82) is 0 Å². The molecule has 0 heterocycles. The third-order valence-corrected chi connectivity index (χ3v) is 2.53. The molecule has 3 N–H and O–H groups in total. The number of carbonyl (C=O) groups is 1. The van der Waals surface area contributed by atoms with Crippen LogP contribution in [0.1, 0.15) is 20.3 Å². The summed E-state index contributed by atoms with van der Waals surface area (Å²) in [6.07, 6.45) is 0.971. The van der Waals surface area contributed by atoms with E-state index in [1.165, 1.54) is 0 Å². The van der Waals surface area contributed by atoms with Crippen molar-refractivity contribution in [2.75, 3.05) is 39.8 Å². The predicted octanol–water partition coefficient (Wildman–Crippen LogP) is -0.192. The molecule has 1 atom stereocenters. The first kappa shape index (κ1) is 15.3. The first-order valence-electron chi connectivity index (χ1n) is 5.92. The number of amides is 1. The summed E-state index contributed by atoms with van der Waals surface area (Å²) in [7, 11) is 1.65. The van der Waals surface area contributed by atoms with Gasteiger partial charge < -0.3 is 15.8 Å². The molecule has 0 radical (unpaired) electrons. The summed E-state index contributed by atoms with van der Waals surface area (Å²) in [6, 6.07) is 0. The zero-order chi connectivity index (χ0) is 12.4. The van der Waals surface area contributed by atoms with Crippen LogP contribution in [0.3, 0.4) is 0 Å². The summed E-state index contributed by atoms with van der Waals surface area (Å²) in [4.78, 5) is 13.3. The van der Waals surface area contributed by atoms with Crippen LogP contribution >= 0.6 is 0 Å². The van der Waals surface area contributed by atoms with E-state index in [0.29, 0.717) is 19.7 Å². The van der Waals surface area contributed by atoms with Gasteiger partial charge in [-0.05, 0) is 19.9 Å². The molecule has 0 aliphatic heterocycles. The second-order valence-corrected chi connectivity index (χ2v) is 3.64. The third-order valence-electron chi connectivity index (χ3n) is 2.53. The predicted molar refractivity (Wildman–Crippen MR) is 65.3 cm³/mol. The molecule has 0 aromatic rings. The fourth-order valence-electron chi connectivity index (χ4n) is 1.46. The SMILES string of the molecule is CCOC(CN)CCN(CC)CC(=O)NC. The molecule has 0 saturated heterocycles. The van der Waals surface area contributed by atoms with Crippen LogP contribution in [0.15, 0.2) is 0 Å². The van der Waals surface area contributed by atoms with Crippen LogP contribution < -0.4 is 11.1 Å². The van der Waals surface area contributed by atoms with Gasteiger partial charge in [-0.2, -0.15) is 0 Å². The molecular formula is C11H25N3O2. The fourth-order valence-corrected chi connectivity index (χ4v) is 1.46. The van der Waals surface area contributed by atoms with Crippen LogP contribution in [0.2, 0.25) is 0 Å². The summed E-state index contributed by atoms with van der Waals surface area (Å²) in [5.41, 5.74) is 5.59. The Morgan fingerprint density at radius 3 is 2.62 bits per heavy atom. The van der Waals surface area contributed by atoms with E-state index in [1.807, 2.05) is 13.8 Å². The Morgan fingerprint density at radius 1 is 1.50 bits per heavy atom. The Bertz CT molecular complexity index is 188. The van der Waals surface area contributed by atoms with E-state index in [1.54, 1.807) is 7.05 Å². The highest BCUT2D eigenvalue weighted by atomic mass is 16.5. The zero-order valence-corrected chi connectivity index (χ0v) is 10.7. The number of rotatable bonds is 9. The van der Waals surface area contributed by atoms with E-state index >= 15 is 0 Å². The van der Waals surface area contributed by atoms with Crippen molar-refractivity contribution >= 4 is 5.91 Å². The maximum atomic E-state index is 11.2. The molecule has 0 fully saturated rings. The minimum Gasteiger partial charge on any atom is -0.377 e. The first-order valence-corrected chi connectivity index (χ1v) is 5.92. The molecule has 5 nitrogen and oxygen atoms in total. The van der Waals surface area contributed by atoms with Gasteiger partial charge in [0.25, 0.3) is 0 Å². The lowest BCUT2D eigenvalue weighted by Crippen LogP contribution is -2.38. The molecule has 0 aliphatic rings. The molecule has 16 heavy (non-hydrogen) atoms. The van der Waals surface area contributed by atoms with Crippen molar-refractivity contribution < 1.29 is 9.53 Å². The second-order valence-electron chi connectivity index (χ2n) is 3.64. The van der Waals surface area contributed by atoms with Crippen LogP contribution in [0, 0.1) is 0 Å². The lowest BCUT2D eigenvalue weighted by Gasteiger charge is -2.22. The lowest BCUT2D eigenvalue weighted by atomic mass is 10.2. The molecule has 0 aromatic carbocycles. The number of ether oxygens (including phenoxy) is 1. The standard InChI is InChI=1S/C11H25N3O2/c1-4-14(9-11(15)13-3)7-6-10(8-12)16-5-2/h10H,4-9,12H2,1-3H3,(H,13,15). The zero-order valence-electron chi connectivity index (χ0n) is 10.7. The Labute approximate surface area is 98.3 Å². The van der Waals surface area contributed by atoms with Crippen molar-refractivity contribution in [2.45, 2.75) is 26.4 Å². The summed E-state index contributed by atoms with van der Waals surface area (Å²) in [5, 5.41) is 2.62. The van der Waals surface area contributed by atoms with Crippen molar-refractivity contribution in [3.8, 4) is 0 Å². The molecule has 1 amide bonds. The summed E-state index contributed by atoms with van der Waals surface area (Å²) >= 11 is 0. The van der Waals surface area contributed by atoms with Crippen molar-refractivity contribution in [1.82, 2.24) is 10.2 Å². The monoisotopic (exact) mass is 231 g/mol. The molecule has 0 saturated carbocycles. The Balaban J connectivity index is 3.88. The van der Waals surface area contributed by atoms with Crippen molar-refractivity contribution in [2.24, 2.45) is 5.73 Å². The topological polar surface area (TPSA) is 67.6 Å². The molecule has 0 aliphatic carbocycles. The maximum Gasteiger partial charge on any atom is 0.233 e. The Hall–Kier alpha value is -0.650. The van der Waals surface area contributed by atoms with Crippen molar-refractivity contribution in [3.63, 3.8) is 0 Å². The summed E-state index contributed by atoms with van der Waals surface area (Å²) in [6.45, 7) is 7.36. The van der Waals surface area contributed by atoms with Gasteiger partial charge in [-0.25, -0.2) is 0 Å². The van der Waals surface area contributed by atoms with Gasteiger partial charge in [-0.15, -0.1) is 0 Å². The smallest absolute Gasteiger partial charge is 0.233 e. The maximum absolute atomic E-state index is 11.2. The number of hydrogen-bond acceptors (Lipinski definition) is 4. The average Bonchev–Trinajstić information content (AvgIpc) is 2.32. The number of likely N-dealkylation sites (N-methyl/N-ethyl adjacent to an activating group) is 2. The van der Waals surface area contributed by atoms with E-state index in [-0.39, 0.29) is 12.0 Å². The van der Waals surface area contributed by atoms with Gasteiger partial charge in [0.15, 0.2) is 0 Å². The van der Waals surface area contributed by atoms with E-state index < -0.39 is 0 Å². The Morgan fingerprint density at radius 2 is 2.19 bits per heavy atom. The highest BCUT2D eigenvalue weighted by Crippen LogP contribution is 1.99. The molecule has 0 bridgehead atoms. The van der Waals surface area contributed by atoms with Crippen LogP contribution in [0.25, 0.3) is 0 Å². The summed E-state index contributed by atoms with van der Waals surface area (Å²) in [5.74, 6) is 0.0440. The van der Waals surface area contributed by atoms with Crippen LogP contribution in [0.4, 0.5) is 0 Å². The van der Waals surface area contributed by atoms with Crippen LogP contribution in [-0.4, -0.2) is 56.7 Å². The number of nitrogens with two attached hydrogens (primary N) is 1. The van der Waals surface area contributed by atoms with E-state index in [2.05, 4.69) is 10.2 Å². The van der Waals surface area contributed by atoms with Crippen LogP contribution in [0.5, 0.6) is 0 Å². The van der Waals surface area contributed by atoms with Gasteiger partial charge in [-0.1, -0.05) is 6.92 Å². The number of hydrogen-bond donors (Lipinski definition) is 2. The van der Waals surface area contributed by atoms with Gasteiger partial charge in [0.2, 0.25) is 5.91 Å². The molecule has 1 unspecified atom stereocenters. The normalized spacial score (nSPS) is 12.8. The van der Waals surface area contributed by atoms with Gasteiger partial charge in [-0.3, -0.25) is 9.69 Å². The van der Waals surface area contributed by atoms with E-state index in [0.717, 1.165) is 19.5 Å². The number of nitrogens with one attached hydrogen (secondary N) is 1. The molecule has 5 heteroatoms. The lowest BCUT2D eigenvalue weighted by molar-refractivity contribution is -0.121. The molecule has 0 rings (SSSR count). The minimum atomic E-state index is 0.0440. The highest BCUT2D eigenvalue weighted by Gasteiger charge is 2.11. The van der Waals surface area contributed by atoms with E-state index in [9.17, 15) is 4.79 Å². The van der Waals surface area contributed by atoms with Gasteiger partial charge in [0.05, 0.1) is 12.6 Å². The van der Waals surface area contributed by atoms with Gasteiger partial charge in [0.1, 0.15) is 0 Å². The molecular weight excluding hydrogens is 206 g/mol. The minimum absolute atomic E-state index is 0.0440. The molecule has 0 aromatic heterocycles. The van der Waals surface area contributed by atoms with Crippen LogP contribution in [-0.2, 0) is 9.53 Å². The third kappa shape index (κ3) is 6.76. The fraction of sp³-hybridized carbons (Fsp3) is 0.909.